The molecule has 4 aliphatic carbocycles. The van der Waals surface area contributed by atoms with Crippen LogP contribution in [0.2, 0.25) is 0 Å². The van der Waals surface area contributed by atoms with Gasteiger partial charge in [-0.05, 0) is 80.6 Å². The van der Waals surface area contributed by atoms with E-state index in [-0.39, 0.29) is 53.2 Å². The van der Waals surface area contributed by atoms with Crippen LogP contribution in [0.5, 0.6) is 0 Å². The van der Waals surface area contributed by atoms with Gasteiger partial charge in [0.15, 0.2) is 5.78 Å². The number of carbonyl (C=O) groups is 4. The van der Waals surface area contributed by atoms with Gasteiger partial charge < -0.3 is 14.6 Å². The molecule has 0 aromatic heterocycles. The topological polar surface area (TPSA) is 101 Å². The van der Waals surface area contributed by atoms with Crippen molar-refractivity contribution in [1.29, 1.82) is 0 Å². The van der Waals surface area contributed by atoms with E-state index in [1.54, 1.807) is 6.92 Å². The normalized spacial score (nSPS) is 41.5. The molecule has 0 aromatic rings. The number of carboxylic acid groups (broad SMARTS) is 1. The summed E-state index contributed by atoms with van der Waals surface area (Å²) in [5.74, 6) is -0.602. The van der Waals surface area contributed by atoms with Crippen LogP contribution in [0.1, 0.15) is 78.6 Å². The van der Waals surface area contributed by atoms with Gasteiger partial charge in [-0.25, -0.2) is 0 Å². The first-order chi connectivity index (χ1) is 14.6. The minimum Gasteiger partial charge on any atom is -0.550 e. The molecule has 4 rings (SSSR count). The summed E-state index contributed by atoms with van der Waals surface area (Å²) in [6.45, 7) is 6.07. The van der Waals surface area contributed by atoms with Crippen molar-refractivity contribution in [2.75, 3.05) is 0 Å². The van der Waals surface area contributed by atoms with Crippen LogP contribution in [-0.4, -0.2) is 29.6 Å². The summed E-state index contributed by atoms with van der Waals surface area (Å²) in [7, 11) is 0. The third-order valence-corrected chi connectivity index (χ3v) is 9.18. The number of esters is 1. The van der Waals surface area contributed by atoms with E-state index >= 15 is 0 Å². The highest BCUT2D eigenvalue weighted by molar-refractivity contribution is 5.91. The Morgan fingerprint density at radius 1 is 1.13 bits per heavy atom. The number of ether oxygens (including phenoxy) is 1. The molecule has 170 valence electrons. The van der Waals surface area contributed by atoms with Crippen LogP contribution in [0.15, 0.2) is 11.6 Å². The van der Waals surface area contributed by atoms with E-state index in [1.807, 2.05) is 6.08 Å². The second-order valence-electron chi connectivity index (χ2n) is 10.7. The van der Waals surface area contributed by atoms with Gasteiger partial charge in [-0.3, -0.25) is 14.4 Å². The number of carbonyl (C=O) groups excluding carboxylic acids is 4. The van der Waals surface area contributed by atoms with Gasteiger partial charge in [0.05, 0.1) is 6.42 Å². The average molecular weight is 430 g/mol. The highest BCUT2D eigenvalue weighted by Crippen LogP contribution is 2.67. The molecule has 3 saturated carbocycles. The van der Waals surface area contributed by atoms with Crippen LogP contribution in [0, 0.1) is 34.5 Å². The van der Waals surface area contributed by atoms with Crippen molar-refractivity contribution in [2.45, 2.75) is 84.7 Å². The zero-order chi connectivity index (χ0) is 22.6. The average Bonchev–Trinajstić information content (AvgIpc) is 3.03. The van der Waals surface area contributed by atoms with Gasteiger partial charge in [0.2, 0.25) is 0 Å². The maximum atomic E-state index is 12.6. The molecule has 4 aliphatic rings. The van der Waals surface area contributed by atoms with Crippen molar-refractivity contribution in [2.24, 2.45) is 34.5 Å². The van der Waals surface area contributed by atoms with E-state index in [2.05, 4.69) is 13.8 Å². The summed E-state index contributed by atoms with van der Waals surface area (Å²) in [6.07, 6.45) is 6.48. The lowest BCUT2D eigenvalue weighted by Gasteiger charge is -2.60. The molecule has 0 unspecified atom stereocenters. The van der Waals surface area contributed by atoms with Crippen LogP contribution < -0.4 is 5.11 Å². The monoisotopic (exact) mass is 429 g/mol. The van der Waals surface area contributed by atoms with Crippen LogP contribution in [0.3, 0.4) is 0 Å². The molecule has 0 N–H and O–H groups in total. The smallest absolute Gasteiger partial charge is 0.306 e. The Labute approximate surface area is 183 Å². The lowest BCUT2D eigenvalue weighted by atomic mass is 9.46. The van der Waals surface area contributed by atoms with Gasteiger partial charge in [-0.15, -0.1) is 0 Å². The standard InChI is InChI=1S/C25H34O6/c1-14(26)18-6-7-19-17-5-4-15-12-16(27)10-11-24(15,2)23(17)20(13-25(18,19)3)31-22(30)9-8-21(28)29/h12,17-20,23H,4-11,13H2,1-3H3,(H,28,29)/p-1/t17-,18+,19-,20+,23-,24-,25+/m0/s1. The lowest BCUT2D eigenvalue weighted by molar-refractivity contribution is -0.305. The molecular formula is C25H33O6-. The second kappa shape index (κ2) is 7.86. The van der Waals surface area contributed by atoms with Gasteiger partial charge in [-0.1, -0.05) is 19.4 Å². The molecule has 0 spiro atoms. The molecule has 0 heterocycles. The predicted octanol–water partition coefficient (Wildman–Crippen LogP) is 2.78. The molecule has 6 heteroatoms. The van der Waals surface area contributed by atoms with Gasteiger partial charge in [0.25, 0.3) is 0 Å². The van der Waals surface area contributed by atoms with E-state index < -0.39 is 11.9 Å². The number of allylic oxidation sites excluding steroid dienone is 1. The summed E-state index contributed by atoms with van der Waals surface area (Å²) in [6, 6.07) is 0. The number of aliphatic carboxylic acids is 1. The molecule has 6 nitrogen and oxygen atoms in total. The van der Waals surface area contributed by atoms with Crippen LogP contribution in [0.25, 0.3) is 0 Å². The summed E-state index contributed by atoms with van der Waals surface area (Å²) in [5, 5.41) is 10.8. The first-order valence-corrected chi connectivity index (χ1v) is 11.7. The summed E-state index contributed by atoms with van der Waals surface area (Å²) in [4.78, 5) is 48.0. The molecule has 0 saturated heterocycles. The highest BCUT2D eigenvalue weighted by Gasteiger charge is 2.63. The molecule has 7 atom stereocenters. The maximum absolute atomic E-state index is 12.6. The van der Waals surface area contributed by atoms with Crippen molar-refractivity contribution in [3.63, 3.8) is 0 Å². The summed E-state index contributed by atoms with van der Waals surface area (Å²) in [5.41, 5.74) is 0.755. The zero-order valence-electron chi connectivity index (χ0n) is 18.8. The van der Waals surface area contributed by atoms with Gasteiger partial charge in [0, 0.05) is 24.2 Å². The molecule has 0 bridgehead atoms. The SMILES string of the molecule is CC(=O)[C@H]1CC[C@H]2[C@@H]3CCC4=CC(=O)CC[C@]4(C)[C@@H]3[C@H](OC(=O)CCC(=O)[O-])C[C@]12C. The first-order valence-electron chi connectivity index (χ1n) is 11.7. The number of ketones is 2. The zero-order valence-corrected chi connectivity index (χ0v) is 18.8. The highest BCUT2D eigenvalue weighted by atomic mass is 16.5. The third kappa shape index (κ3) is 3.66. The number of hydrogen-bond acceptors (Lipinski definition) is 6. The molecule has 3 fully saturated rings. The summed E-state index contributed by atoms with van der Waals surface area (Å²) < 4.78 is 6.00. The number of Topliss-reactive ketones (excluding diaryl/α,β-unsaturated/α-hetero) is 1. The van der Waals surface area contributed by atoms with E-state index in [0.717, 1.165) is 32.1 Å². The minimum absolute atomic E-state index is 0.0273. The Morgan fingerprint density at radius 3 is 2.55 bits per heavy atom. The Bertz CT molecular complexity index is 843. The quantitative estimate of drug-likeness (QED) is 0.623. The van der Waals surface area contributed by atoms with Crippen molar-refractivity contribution >= 4 is 23.5 Å². The van der Waals surface area contributed by atoms with Crippen LogP contribution in [-0.2, 0) is 23.9 Å². The maximum Gasteiger partial charge on any atom is 0.306 e. The van der Waals surface area contributed by atoms with E-state index in [0.29, 0.717) is 24.7 Å². The van der Waals surface area contributed by atoms with E-state index in [1.165, 1.54) is 5.57 Å². The molecular weight excluding hydrogens is 396 g/mol. The molecule has 31 heavy (non-hydrogen) atoms. The Kier molecular flexibility index (Phi) is 5.63. The van der Waals surface area contributed by atoms with Crippen molar-refractivity contribution in [1.82, 2.24) is 0 Å². The van der Waals surface area contributed by atoms with Crippen molar-refractivity contribution < 1.29 is 29.0 Å². The van der Waals surface area contributed by atoms with Gasteiger partial charge in [-0.2, -0.15) is 0 Å². The first kappa shape index (κ1) is 22.2. The second-order valence-corrected chi connectivity index (χ2v) is 10.7. The van der Waals surface area contributed by atoms with Crippen LogP contribution in [0.4, 0.5) is 0 Å². The molecule has 0 aliphatic heterocycles. The molecule has 0 radical (unpaired) electrons. The predicted molar refractivity (Wildman–Crippen MR) is 110 cm³/mol. The number of rotatable bonds is 5. The van der Waals surface area contributed by atoms with Crippen LogP contribution >= 0.6 is 0 Å². The largest absolute Gasteiger partial charge is 0.550 e. The van der Waals surface area contributed by atoms with Gasteiger partial charge in [0.1, 0.15) is 11.9 Å². The fraction of sp³-hybridized carbons (Fsp3) is 0.760. The van der Waals surface area contributed by atoms with E-state index in [9.17, 15) is 24.3 Å². The Hall–Kier alpha value is -1.98. The molecule has 0 aromatic carbocycles. The van der Waals surface area contributed by atoms with Crippen molar-refractivity contribution in [3.8, 4) is 0 Å². The third-order valence-electron chi connectivity index (χ3n) is 9.18. The van der Waals surface area contributed by atoms with E-state index in [4.69, 9.17) is 4.74 Å². The Balaban J connectivity index is 1.70. The fourth-order valence-electron chi connectivity index (χ4n) is 7.86. The van der Waals surface area contributed by atoms with Gasteiger partial charge >= 0.3 is 5.97 Å². The fourth-order valence-corrected chi connectivity index (χ4v) is 7.86. The minimum atomic E-state index is -1.27. The number of fused-ring (bicyclic) bond motifs is 5. The molecule has 0 amide bonds. The number of carboxylic acids is 1. The Morgan fingerprint density at radius 2 is 1.87 bits per heavy atom. The summed E-state index contributed by atoms with van der Waals surface area (Å²) >= 11 is 0. The number of hydrogen-bond donors (Lipinski definition) is 0. The van der Waals surface area contributed by atoms with Crippen molar-refractivity contribution in [3.05, 3.63) is 11.6 Å². The lowest BCUT2D eigenvalue weighted by Crippen LogP contribution is -2.58.